The molecule has 0 aliphatic rings. The van der Waals surface area contributed by atoms with Crippen LogP contribution in [0.2, 0.25) is 10.0 Å². The lowest BCUT2D eigenvalue weighted by Gasteiger charge is -2.10. The fourth-order valence-electron chi connectivity index (χ4n) is 2.24. The Bertz CT molecular complexity index is 912. The Labute approximate surface area is 134 Å². The Morgan fingerprint density at radius 2 is 1.91 bits per heavy atom. The molecule has 0 saturated heterocycles. The van der Waals surface area contributed by atoms with E-state index in [2.05, 4.69) is 4.98 Å². The van der Waals surface area contributed by atoms with E-state index in [1.54, 1.807) is 18.2 Å². The number of hydrogen-bond donors (Lipinski definition) is 1. The summed E-state index contributed by atoms with van der Waals surface area (Å²) in [5.74, 6) is -1.64. The zero-order valence-electron chi connectivity index (χ0n) is 11.0. The fraction of sp³-hybridized carbons (Fsp3) is 0. The van der Waals surface area contributed by atoms with Crippen LogP contribution in [-0.2, 0) is 0 Å². The lowest BCUT2D eigenvalue weighted by atomic mass is 10.0. The van der Waals surface area contributed by atoms with Crippen molar-refractivity contribution in [3.8, 4) is 11.3 Å². The van der Waals surface area contributed by atoms with Crippen molar-refractivity contribution in [3.05, 3.63) is 64.0 Å². The first-order valence-electron chi connectivity index (χ1n) is 6.25. The summed E-state index contributed by atoms with van der Waals surface area (Å²) < 4.78 is 13.9. The van der Waals surface area contributed by atoms with Crippen LogP contribution in [0, 0.1) is 5.82 Å². The first-order valence-corrected chi connectivity index (χ1v) is 7.00. The minimum atomic E-state index is -1.10. The van der Waals surface area contributed by atoms with Gasteiger partial charge in [0.15, 0.2) is 0 Å². The third kappa shape index (κ3) is 2.40. The van der Waals surface area contributed by atoms with Gasteiger partial charge in [-0.25, -0.2) is 9.18 Å². The van der Waals surface area contributed by atoms with E-state index in [0.29, 0.717) is 21.7 Å². The van der Waals surface area contributed by atoms with Crippen LogP contribution in [0.1, 0.15) is 10.4 Å². The molecule has 0 unspecified atom stereocenters. The van der Waals surface area contributed by atoms with Crippen LogP contribution in [0.15, 0.2) is 42.6 Å². The van der Waals surface area contributed by atoms with E-state index in [4.69, 9.17) is 28.3 Å². The third-order valence-electron chi connectivity index (χ3n) is 3.29. The van der Waals surface area contributed by atoms with Crippen molar-refractivity contribution in [1.29, 1.82) is 0 Å². The third-order valence-corrected chi connectivity index (χ3v) is 4.11. The highest BCUT2D eigenvalue weighted by atomic mass is 35.5. The fourth-order valence-corrected chi connectivity index (χ4v) is 2.63. The van der Waals surface area contributed by atoms with E-state index >= 15 is 0 Å². The topological polar surface area (TPSA) is 50.2 Å². The molecule has 0 bridgehead atoms. The van der Waals surface area contributed by atoms with Gasteiger partial charge in [0, 0.05) is 16.3 Å². The molecule has 3 aromatic rings. The highest BCUT2D eigenvalue weighted by molar-refractivity contribution is 6.43. The van der Waals surface area contributed by atoms with Crippen molar-refractivity contribution < 1.29 is 14.3 Å². The Balaban J connectivity index is 2.38. The van der Waals surface area contributed by atoms with E-state index in [-0.39, 0.29) is 16.0 Å². The molecule has 22 heavy (non-hydrogen) atoms. The number of nitrogens with zero attached hydrogens (tertiary/aromatic N) is 1. The minimum absolute atomic E-state index is 0.0410. The molecular formula is C16H8Cl2FNO2. The van der Waals surface area contributed by atoms with Gasteiger partial charge in [0.25, 0.3) is 0 Å². The SMILES string of the molecule is O=C(O)c1ccc2c(F)cnc(-c3cccc(Cl)c3Cl)c2c1. The number of hydrogen-bond acceptors (Lipinski definition) is 2. The number of aromatic nitrogens is 1. The standard InChI is InChI=1S/C16H8Cl2FNO2/c17-12-3-1-2-10(14(12)18)15-11-6-8(16(21)22)4-5-9(11)13(19)7-20-15/h1-7H,(H,21,22). The molecule has 1 aromatic heterocycles. The smallest absolute Gasteiger partial charge is 0.335 e. The van der Waals surface area contributed by atoms with Gasteiger partial charge in [-0.2, -0.15) is 0 Å². The first-order chi connectivity index (χ1) is 10.5. The molecule has 0 atom stereocenters. The molecule has 0 fully saturated rings. The summed E-state index contributed by atoms with van der Waals surface area (Å²) in [7, 11) is 0. The largest absolute Gasteiger partial charge is 0.478 e. The Morgan fingerprint density at radius 1 is 1.14 bits per heavy atom. The van der Waals surface area contributed by atoms with Crippen LogP contribution in [0.3, 0.4) is 0 Å². The number of carbonyl (C=O) groups is 1. The number of rotatable bonds is 2. The van der Waals surface area contributed by atoms with Crippen LogP contribution in [-0.4, -0.2) is 16.1 Å². The van der Waals surface area contributed by atoms with Gasteiger partial charge in [-0.15, -0.1) is 0 Å². The second kappa shape index (κ2) is 5.55. The molecule has 0 radical (unpaired) electrons. The predicted octanol–water partition coefficient (Wildman–Crippen LogP) is 5.05. The maximum atomic E-state index is 13.9. The van der Waals surface area contributed by atoms with E-state index in [0.717, 1.165) is 6.20 Å². The summed E-state index contributed by atoms with van der Waals surface area (Å²) in [6, 6.07) is 9.15. The highest BCUT2D eigenvalue weighted by Crippen LogP contribution is 2.36. The van der Waals surface area contributed by atoms with Crippen molar-refractivity contribution >= 4 is 39.9 Å². The zero-order chi connectivity index (χ0) is 15.9. The van der Waals surface area contributed by atoms with Crippen LogP contribution >= 0.6 is 23.2 Å². The average molecular weight is 336 g/mol. The normalized spacial score (nSPS) is 10.9. The second-order valence-electron chi connectivity index (χ2n) is 4.62. The molecule has 0 saturated carbocycles. The van der Waals surface area contributed by atoms with Gasteiger partial charge in [-0.05, 0) is 18.2 Å². The summed E-state index contributed by atoms with van der Waals surface area (Å²) in [4.78, 5) is 15.2. The molecule has 0 aliphatic heterocycles. The van der Waals surface area contributed by atoms with Gasteiger partial charge in [-0.3, -0.25) is 4.98 Å². The van der Waals surface area contributed by atoms with Crippen molar-refractivity contribution in [1.82, 2.24) is 4.98 Å². The lowest BCUT2D eigenvalue weighted by molar-refractivity contribution is 0.0697. The quantitative estimate of drug-likeness (QED) is 0.713. The number of pyridine rings is 1. The summed E-state index contributed by atoms with van der Waals surface area (Å²) in [5, 5.41) is 10.4. The monoisotopic (exact) mass is 335 g/mol. The van der Waals surface area contributed by atoms with E-state index < -0.39 is 11.8 Å². The van der Waals surface area contributed by atoms with Crippen LogP contribution < -0.4 is 0 Å². The van der Waals surface area contributed by atoms with E-state index in [1.165, 1.54) is 18.2 Å². The van der Waals surface area contributed by atoms with Gasteiger partial charge < -0.3 is 5.11 Å². The molecule has 0 spiro atoms. The number of aromatic carboxylic acids is 1. The summed E-state index contributed by atoms with van der Waals surface area (Å²) in [6.45, 7) is 0. The van der Waals surface area contributed by atoms with Gasteiger partial charge >= 0.3 is 5.97 Å². The van der Waals surface area contributed by atoms with Crippen molar-refractivity contribution in [2.45, 2.75) is 0 Å². The molecule has 2 aromatic carbocycles. The Hall–Kier alpha value is -2.17. The molecule has 6 heteroatoms. The molecule has 0 aliphatic carbocycles. The number of carboxylic acids is 1. The van der Waals surface area contributed by atoms with Gasteiger partial charge in [0.1, 0.15) is 5.82 Å². The van der Waals surface area contributed by atoms with Gasteiger partial charge in [0.05, 0.1) is 27.5 Å². The molecule has 3 rings (SSSR count). The van der Waals surface area contributed by atoms with Gasteiger partial charge in [-0.1, -0.05) is 41.4 Å². The van der Waals surface area contributed by atoms with E-state index in [9.17, 15) is 9.18 Å². The Morgan fingerprint density at radius 3 is 2.64 bits per heavy atom. The van der Waals surface area contributed by atoms with Crippen LogP contribution in [0.5, 0.6) is 0 Å². The average Bonchev–Trinajstić information content (AvgIpc) is 2.50. The zero-order valence-corrected chi connectivity index (χ0v) is 12.5. The summed E-state index contributed by atoms with van der Waals surface area (Å²) >= 11 is 12.2. The Kier molecular flexibility index (Phi) is 3.72. The minimum Gasteiger partial charge on any atom is -0.478 e. The van der Waals surface area contributed by atoms with Crippen molar-refractivity contribution in [2.24, 2.45) is 0 Å². The molecule has 1 heterocycles. The molecule has 0 amide bonds. The van der Waals surface area contributed by atoms with Crippen molar-refractivity contribution in [3.63, 3.8) is 0 Å². The number of halogens is 3. The predicted molar refractivity (Wildman–Crippen MR) is 84.1 cm³/mol. The molecule has 110 valence electrons. The summed E-state index contributed by atoms with van der Waals surface area (Å²) in [6.07, 6.45) is 1.08. The first kappa shape index (κ1) is 14.8. The van der Waals surface area contributed by atoms with Crippen LogP contribution in [0.4, 0.5) is 4.39 Å². The number of benzene rings is 2. The van der Waals surface area contributed by atoms with Crippen molar-refractivity contribution in [2.75, 3.05) is 0 Å². The van der Waals surface area contributed by atoms with Crippen LogP contribution in [0.25, 0.3) is 22.0 Å². The van der Waals surface area contributed by atoms with E-state index in [1.807, 2.05) is 0 Å². The highest BCUT2D eigenvalue weighted by Gasteiger charge is 2.15. The van der Waals surface area contributed by atoms with Gasteiger partial charge in [0.2, 0.25) is 0 Å². The molecule has 1 N–H and O–H groups in total. The number of fused-ring (bicyclic) bond motifs is 1. The lowest BCUT2D eigenvalue weighted by Crippen LogP contribution is -1.98. The molecular weight excluding hydrogens is 328 g/mol. The second-order valence-corrected chi connectivity index (χ2v) is 5.41. The molecule has 3 nitrogen and oxygen atoms in total. The number of carboxylic acid groups (broad SMARTS) is 1. The summed E-state index contributed by atoms with van der Waals surface area (Å²) in [5.41, 5.74) is 0.938. The maximum absolute atomic E-state index is 13.9. The maximum Gasteiger partial charge on any atom is 0.335 e.